The average Bonchev–Trinajstić information content (AvgIpc) is 2.86. The lowest BCUT2D eigenvalue weighted by Gasteiger charge is -2.24. The third-order valence-electron chi connectivity index (χ3n) is 4.96. The van der Waals surface area contributed by atoms with Crippen LogP contribution in [0.1, 0.15) is 20.7 Å². The molecule has 0 unspecified atom stereocenters. The van der Waals surface area contributed by atoms with E-state index in [4.69, 9.17) is 22.1 Å². The number of ether oxygens (including phenoxy) is 1. The molecule has 2 N–H and O–H groups in total. The van der Waals surface area contributed by atoms with Crippen molar-refractivity contribution in [1.82, 2.24) is 9.97 Å². The molecule has 2 amide bonds. The van der Waals surface area contributed by atoms with Crippen molar-refractivity contribution in [1.29, 1.82) is 0 Å². The van der Waals surface area contributed by atoms with Crippen LogP contribution in [0.3, 0.4) is 0 Å². The van der Waals surface area contributed by atoms with Crippen LogP contribution in [0.4, 0.5) is 11.4 Å². The number of amides is 2. The molecule has 0 saturated heterocycles. The molecule has 2 heterocycles. The molecule has 2 aromatic carbocycles. The molecule has 4 aromatic rings. The molecule has 0 spiro atoms. The number of anilines is 2. The topological polar surface area (TPSA) is 98.4 Å². The molecule has 7 nitrogen and oxygen atoms in total. The predicted octanol–water partition coefficient (Wildman–Crippen LogP) is 4.88. The monoisotopic (exact) mass is 458 g/mol. The molecule has 0 aliphatic heterocycles. The van der Waals surface area contributed by atoms with Crippen LogP contribution < -0.4 is 15.4 Å². The minimum absolute atomic E-state index is 0.313. The van der Waals surface area contributed by atoms with Crippen molar-refractivity contribution in [3.05, 3.63) is 101 Å². The van der Waals surface area contributed by atoms with Crippen molar-refractivity contribution >= 4 is 34.8 Å². The van der Waals surface area contributed by atoms with E-state index in [-0.39, 0.29) is 5.91 Å². The number of carbonyl (C=O) groups excluding carboxylic acids is 2. The molecule has 164 valence electrons. The first-order valence-electron chi connectivity index (χ1n) is 9.93. The molecule has 0 radical (unpaired) electrons. The molecule has 0 fully saturated rings. The Morgan fingerprint density at radius 1 is 0.909 bits per heavy atom. The number of nitrogens with two attached hydrogens (primary N) is 1. The van der Waals surface area contributed by atoms with Gasteiger partial charge in [-0.25, -0.2) is 4.98 Å². The van der Waals surface area contributed by atoms with Gasteiger partial charge in [-0.3, -0.25) is 19.5 Å². The summed E-state index contributed by atoms with van der Waals surface area (Å²) >= 11 is 6.45. The number of aromatic nitrogens is 2. The number of rotatable bonds is 6. The van der Waals surface area contributed by atoms with Gasteiger partial charge in [0.2, 0.25) is 11.8 Å². The third-order valence-corrected chi connectivity index (χ3v) is 5.29. The van der Waals surface area contributed by atoms with Gasteiger partial charge in [-0.1, -0.05) is 17.7 Å². The fourth-order valence-corrected chi connectivity index (χ4v) is 3.50. The summed E-state index contributed by atoms with van der Waals surface area (Å²) in [6.45, 7) is 0. The second-order valence-electron chi connectivity index (χ2n) is 7.02. The Kier molecular flexibility index (Phi) is 6.33. The number of hydrogen-bond acceptors (Lipinski definition) is 5. The van der Waals surface area contributed by atoms with Crippen LogP contribution >= 0.6 is 11.6 Å². The van der Waals surface area contributed by atoms with E-state index in [0.717, 1.165) is 0 Å². The Morgan fingerprint density at radius 2 is 1.64 bits per heavy atom. The molecule has 0 saturated carbocycles. The number of benzene rings is 2. The zero-order valence-electron chi connectivity index (χ0n) is 17.6. The van der Waals surface area contributed by atoms with Gasteiger partial charge >= 0.3 is 0 Å². The number of hydrogen-bond donors (Lipinski definition) is 1. The van der Waals surface area contributed by atoms with Crippen molar-refractivity contribution in [3.8, 4) is 17.1 Å². The van der Waals surface area contributed by atoms with Crippen molar-refractivity contribution < 1.29 is 14.3 Å². The van der Waals surface area contributed by atoms with E-state index in [9.17, 15) is 9.59 Å². The Balaban J connectivity index is 1.82. The third kappa shape index (κ3) is 4.68. The Bertz CT molecular complexity index is 1290. The van der Waals surface area contributed by atoms with E-state index in [1.54, 1.807) is 54.9 Å². The van der Waals surface area contributed by atoms with Crippen molar-refractivity contribution in [2.75, 3.05) is 12.0 Å². The molecular formula is C25H19ClN4O3. The maximum atomic E-state index is 13.6. The maximum Gasteiger partial charge on any atom is 0.262 e. The number of pyridine rings is 2. The molecule has 0 atom stereocenters. The first kappa shape index (κ1) is 22.0. The van der Waals surface area contributed by atoms with E-state index in [2.05, 4.69) is 9.97 Å². The highest BCUT2D eigenvalue weighted by Crippen LogP contribution is 2.35. The minimum Gasteiger partial charge on any atom is -0.481 e. The normalized spacial score (nSPS) is 10.5. The van der Waals surface area contributed by atoms with Gasteiger partial charge in [-0.05, 0) is 60.7 Å². The van der Waals surface area contributed by atoms with Crippen LogP contribution in [0.5, 0.6) is 5.88 Å². The summed E-state index contributed by atoms with van der Waals surface area (Å²) < 4.78 is 5.14. The first-order chi connectivity index (χ1) is 16.0. The standard InChI is InChI=1S/C25H19ClN4O3/c1-33-23-12-10-19(15-29-23)30(25(32)17-7-5-16(6-8-17)24(27)31)18-9-11-21(26)20(14-18)22-4-2-3-13-28-22/h2-15H,1H3,(H2,27,31). The molecule has 0 aliphatic rings. The van der Waals surface area contributed by atoms with E-state index in [0.29, 0.717) is 44.7 Å². The summed E-state index contributed by atoms with van der Waals surface area (Å²) in [5.41, 5.74) is 8.44. The van der Waals surface area contributed by atoms with Crippen LogP contribution in [0, 0.1) is 0 Å². The SMILES string of the molecule is COc1ccc(N(C(=O)c2ccc(C(N)=O)cc2)c2ccc(Cl)c(-c3ccccn3)c2)cn1. The zero-order chi connectivity index (χ0) is 23.4. The largest absolute Gasteiger partial charge is 0.481 e. The summed E-state index contributed by atoms with van der Waals surface area (Å²) in [5, 5.41) is 0.503. The number of methoxy groups -OCH3 is 1. The number of primary amides is 1. The van der Waals surface area contributed by atoms with Crippen LogP contribution in [0.2, 0.25) is 5.02 Å². The zero-order valence-corrected chi connectivity index (χ0v) is 18.4. The first-order valence-corrected chi connectivity index (χ1v) is 10.3. The van der Waals surface area contributed by atoms with Crippen LogP contribution in [0.15, 0.2) is 85.2 Å². The smallest absolute Gasteiger partial charge is 0.262 e. The van der Waals surface area contributed by atoms with Crippen molar-refractivity contribution in [2.24, 2.45) is 5.73 Å². The van der Waals surface area contributed by atoms with Gasteiger partial charge < -0.3 is 10.5 Å². The summed E-state index contributed by atoms with van der Waals surface area (Å²) in [4.78, 5) is 35.2. The lowest BCUT2D eigenvalue weighted by Crippen LogP contribution is -2.26. The second-order valence-corrected chi connectivity index (χ2v) is 7.43. The predicted molar refractivity (Wildman–Crippen MR) is 127 cm³/mol. The highest BCUT2D eigenvalue weighted by molar-refractivity contribution is 6.33. The summed E-state index contributed by atoms with van der Waals surface area (Å²) in [5.74, 6) is -0.475. The fourth-order valence-electron chi connectivity index (χ4n) is 3.29. The molecule has 33 heavy (non-hydrogen) atoms. The van der Waals surface area contributed by atoms with Gasteiger partial charge in [0.1, 0.15) is 0 Å². The van der Waals surface area contributed by atoms with Crippen LogP contribution in [0.25, 0.3) is 11.3 Å². The Labute approximate surface area is 195 Å². The Morgan fingerprint density at radius 3 is 2.24 bits per heavy atom. The number of halogens is 1. The van der Waals surface area contributed by atoms with E-state index in [1.807, 2.05) is 18.2 Å². The van der Waals surface area contributed by atoms with Gasteiger partial charge in [0, 0.05) is 29.0 Å². The van der Waals surface area contributed by atoms with E-state index >= 15 is 0 Å². The van der Waals surface area contributed by atoms with E-state index < -0.39 is 5.91 Å². The fraction of sp³-hybridized carbons (Fsp3) is 0.0400. The van der Waals surface area contributed by atoms with Crippen LogP contribution in [-0.2, 0) is 0 Å². The molecular weight excluding hydrogens is 440 g/mol. The number of carbonyl (C=O) groups is 2. The van der Waals surface area contributed by atoms with E-state index in [1.165, 1.54) is 24.1 Å². The molecule has 2 aromatic heterocycles. The quantitative estimate of drug-likeness (QED) is 0.444. The van der Waals surface area contributed by atoms with Gasteiger partial charge in [0.05, 0.1) is 35.4 Å². The maximum absolute atomic E-state index is 13.6. The second kappa shape index (κ2) is 9.50. The summed E-state index contributed by atoms with van der Waals surface area (Å²) in [6.07, 6.45) is 3.22. The van der Waals surface area contributed by atoms with Crippen LogP contribution in [-0.4, -0.2) is 28.9 Å². The number of nitrogens with zero attached hydrogens (tertiary/aromatic N) is 3. The van der Waals surface area contributed by atoms with Crippen molar-refractivity contribution in [2.45, 2.75) is 0 Å². The molecule has 0 bridgehead atoms. The van der Waals surface area contributed by atoms with Gasteiger partial charge in [0.15, 0.2) is 0 Å². The van der Waals surface area contributed by atoms with Gasteiger partial charge in [-0.15, -0.1) is 0 Å². The molecule has 0 aliphatic carbocycles. The molecule has 8 heteroatoms. The lowest BCUT2D eigenvalue weighted by atomic mass is 10.1. The van der Waals surface area contributed by atoms with Gasteiger partial charge in [0.25, 0.3) is 5.91 Å². The Hall–Kier alpha value is -4.23. The summed E-state index contributed by atoms with van der Waals surface area (Å²) in [6, 6.07) is 20.3. The minimum atomic E-state index is -0.567. The van der Waals surface area contributed by atoms with Gasteiger partial charge in [-0.2, -0.15) is 0 Å². The lowest BCUT2D eigenvalue weighted by molar-refractivity contribution is 0.0988. The molecule has 4 rings (SSSR count). The highest BCUT2D eigenvalue weighted by atomic mass is 35.5. The average molecular weight is 459 g/mol. The highest BCUT2D eigenvalue weighted by Gasteiger charge is 2.22. The van der Waals surface area contributed by atoms with Crippen molar-refractivity contribution in [3.63, 3.8) is 0 Å². The summed E-state index contributed by atoms with van der Waals surface area (Å²) in [7, 11) is 1.52.